The summed E-state index contributed by atoms with van der Waals surface area (Å²) in [5.41, 5.74) is 0. The second kappa shape index (κ2) is 7.02. The number of hydrogen-bond donors (Lipinski definition) is 1. The average Bonchev–Trinajstić information content (AvgIpc) is 2.76. The zero-order valence-electron chi connectivity index (χ0n) is 11.8. The molecule has 0 spiro atoms. The van der Waals surface area contributed by atoms with E-state index in [0.29, 0.717) is 25.3 Å². The first-order valence-corrected chi connectivity index (χ1v) is 7.98. The quantitative estimate of drug-likeness (QED) is 0.724. The number of rotatable bonds is 8. The van der Waals surface area contributed by atoms with Gasteiger partial charge in [0.25, 0.3) is 10.0 Å². The molecule has 0 radical (unpaired) electrons. The Morgan fingerprint density at radius 3 is 2.58 bits per heavy atom. The van der Waals surface area contributed by atoms with Gasteiger partial charge in [0, 0.05) is 32.9 Å². The van der Waals surface area contributed by atoms with Crippen molar-refractivity contribution < 1.29 is 13.5 Å². The number of sulfonamides is 1. The summed E-state index contributed by atoms with van der Waals surface area (Å²) in [5, 5.41) is 8.79. The third-order valence-corrected chi connectivity index (χ3v) is 4.83. The van der Waals surface area contributed by atoms with Crippen molar-refractivity contribution in [2.75, 3.05) is 20.2 Å². The molecule has 0 aliphatic rings. The number of nitrogens with zero attached hydrogens (tertiary/aromatic N) is 3. The summed E-state index contributed by atoms with van der Waals surface area (Å²) in [6.07, 6.45) is 3.84. The molecule has 0 aromatic carbocycles. The molecule has 0 bridgehead atoms. The molecule has 1 aromatic rings. The lowest BCUT2D eigenvalue weighted by Crippen LogP contribution is -2.28. The molecule has 0 aliphatic carbocycles. The summed E-state index contributed by atoms with van der Waals surface area (Å²) in [4.78, 5) is 4.11. The van der Waals surface area contributed by atoms with Crippen molar-refractivity contribution in [1.29, 1.82) is 0 Å². The summed E-state index contributed by atoms with van der Waals surface area (Å²) < 4.78 is 27.7. The second-order valence-corrected chi connectivity index (χ2v) is 6.51. The zero-order chi connectivity index (χ0) is 14.5. The molecule has 0 unspecified atom stereocenters. The normalized spacial score (nSPS) is 12.3. The van der Waals surface area contributed by atoms with E-state index in [-0.39, 0.29) is 11.6 Å². The van der Waals surface area contributed by atoms with Crippen LogP contribution in [0.25, 0.3) is 0 Å². The lowest BCUT2D eigenvalue weighted by atomic mass is 10.2. The van der Waals surface area contributed by atoms with E-state index in [1.807, 2.05) is 11.5 Å². The molecule has 0 fully saturated rings. The highest BCUT2D eigenvalue weighted by atomic mass is 32.2. The number of aryl methyl sites for hydroxylation is 2. The Morgan fingerprint density at radius 1 is 1.37 bits per heavy atom. The van der Waals surface area contributed by atoms with E-state index in [4.69, 9.17) is 5.11 Å². The van der Waals surface area contributed by atoms with Crippen LogP contribution in [0.5, 0.6) is 0 Å². The summed E-state index contributed by atoms with van der Waals surface area (Å²) in [6.45, 7) is 5.04. The Labute approximate surface area is 115 Å². The second-order valence-electron chi connectivity index (χ2n) is 4.52. The van der Waals surface area contributed by atoms with Crippen LogP contribution < -0.4 is 0 Å². The Kier molecular flexibility index (Phi) is 5.96. The van der Waals surface area contributed by atoms with E-state index in [2.05, 4.69) is 4.98 Å². The fourth-order valence-corrected chi connectivity index (χ4v) is 3.02. The minimum Gasteiger partial charge on any atom is -0.396 e. The van der Waals surface area contributed by atoms with Crippen LogP contribution in [0.15, 0.2) is 11.2 Å². The van der Waals surface area contributed by atoms with Crippen molar-refractivity contribution in [2.24, 2.45) is 0 Å². The van der Waals surface area contributed by atoms with Gasteiger partial charge in [0.15, 0.2) is 5.03 Å². The molecule has 6 nitrogen and oxygen atoms in total. The first-order chi connectivity index (χ1) is 8.93. The van der Waals surface area contributed by atoms with E-state index in [1.54, 1.807) is 20.2 Å². The van der Waals surface area contributed by atoms with Gasteiger partial charge in [-0.25, -0.2) is 13.4 Å². The van der Waals surface area contributed by atoms with E-state index in [0.717, 1.165) is 12.8 Å². The Hall–Kier alpha value is -0.920. The maximum atomic E-state index is 12.3. The average molecular weight is 289 g/mol. The number of aliphatic hydroxyl groups excluding tert-OH is 1. The molecule has 1 heterocycles. The number of unbranched alkanes of at least 4 members (excludes halogenated alkanes) is 2. The molecule has 19 heavy (non-hydrogen) atoms. The van der Waals surface area contributed by atoms with Gasteiger partial charge in [0.2, 0.25) is 0 Å². The highest BCUT2D eigenvalue weighted by molar-refractivity contribution is 7.89. The largest absolute Gasteiger partial charge is 0.396 e. The predicted molar refractivity (Wildman–Crippen MR) is 73.4 cm³/mol. The molecule has 1 aromatic heterocycles. The molecule has 110 valence electrons. The minimum atomic E-state index is -3.50. The standard InChI is InChI=1S/C12H23N3O3S/c1-4-15-10-12(13-11(15)2)19(17,18)14(3)8-6-5-7-9-16/h10,16H,4-9H2,1-3H3. The molecule has 0 saturated carbocycles. The van der Waals surface area contributed by atoms with Gasteiger partial charge in [-0.1, -0.05) is 0 Å². The van der Waals surface area contributed by atoms with Crippen LogP contribution in [0.2, 0.25) is 0 Å². The molecular weight excluding hydrogens is 266 g/mol. The fraction of sp³-hybridized carbons (Fsp3) is 0.750. The third-order valence-electron chi connectivity index (χ3n) is 3.10. The van der Waals surface area contributed by atoms with Gasteiger partial charge in [0.05, 0.1) is 0 Å². The van der Waals surface area contributed by atoms with Crippen LogP contribution in [-0.2, 0) is 16.6 Å². The molecule has 0 atom stereocenters. The van der Waals surface area contributed by atoms with Crippen LogP contribution in [0.1, 0.15) is 32.0 Å². The van der Waals surface area contributed by atoms with E-state index >= 15 is 0 Å². The molecule has 0 saturated heterocycles. The number of imidazole rings is 1. The van der Waals surface area contributed by atoms with Crippen molar-refractivity contribution in [1.82, 2.24) is 13.9 Å². The van der Waals surface area contributed by atoms with Crippen LogP contribution in [0, 0.1) is 6.92 Å². The Morgan fingerprint density at radius 2 is 2.05 bits per heavy atom. The monoisotopic (exact) mass is 289 g/mol. The van der Waals surface area contributed by atoms with Gasteiger partial charge in [-0.15, -0.1) is 0 Å². The maximum Gasteiger partial charge on any atom is 0.261 e. The van der Waals surface area contributed by atoms with Crippen molar-refractivity contribution in [3.05, 3.63) is 12.0 Å². The topological polar surface area (TPSA) is 75.4 Å². The Balaban J connectivity index is 2.73. The van der Waals surface area contributed by atoms with Gasteiger partial charge in [0.1, 0.15) is 5.82 Å². The van der Waals surface area contributed by atoms with Gasteiger partial charge in [-0.05, 0) is 33.1 Å². The van der Waals surface area contributed by atoms with Crippen LogP contribution >= 0.6 is 0 Å². The third kappa shape index (κ3) is 4.02. The van der Waals surface area contributed by atoms with Crippen LogP contribution in [0.4, 0.5) is 0 Å². The highest BCUT2D eigenvalue weighted by Gasteiger charge is 2.23. The first-order valence-electron chi connectivity index (χ1n) is 6.54. The number of hydrogen-bond acceptors (Lipinski definition) is 4. The maximum absolute atomic E-state index is 12.3. The lowest BCUT2D eigenvalue weighted by molar-refractivity contribution is 0.281. The SMILES string of the molecule is CCn1cc(S(=O)(=O)N(C)CCCCCO)nc1C. The van der Waals surface area contributed by atoms with Crippen LogP contribution in [0.3, 0.4) is 0 Å². The molecule has 0 aliphatic heterocycles. The van der Waals surface area contributed by atoms with Crippen molar-refractivity contribution in [3.63, 3.8) is 0 Å². The summed E-state index contributed by atoms with van der Waals surface area (Å²) in [6, 6.07) is 0. The van der Waals surface area contributed by atoms with Gasteiger partial charge in [-0.2, -0.15) is 4.31 Å². The lowest BCUT2D eigenvalue weighted by Gasteiger charge is -2.15. The van der Waals surface area contributed by atoms with Gasteiger partial charge >= 0.3 is 0 Å². The van der Waals surface area contributed by atoms with Gasteiger partial charge < -0.3 is 9.67 Å². The molecule has 0 amide bonds. The summed E-state index contributed by atoms with van der Waals surface area (Å²) in [7, 11) is -1.93. The summed E-state index contributed by atoms with van der Waals surface area (Å²) >= 11 is 0. The molecule has 1 N–H and O–H groups in total. The van der Waals surface area contributed by atoms with E-state index in [1.165, 1.54) is 4.31 Å². The van der Waals surface area contributed by atoms with E-state index < -0.39 is 10.0 Å². The van der Waals surface area contributed by atoms with Gasteiger partial charge in [-0.3, -0.25) is 0 Å². The first kappa shape index (κ1) is 16.1. The smallest absolute Gasteiger partial charge is 0.261 e. The van der Waals surface area contributed by atoms with Crippen LogP contribution in [-0.4, -0.2) is 47.6 Å². The zero-order valence-corrected chi connectivity index (χ0v) is 12.7. The van der Waals surface area contributed by atoms with E-state index in [9.17, 15) is 8.42 Å². The Bertz CT molecular complexity index is 496. The minimum absolute atomic E-state index is 0.108. The molecule has 7 heteroatoms. The predicted octanol–water partition coefficient (Wildman–Crippen LogP) is 0.995. The molecular formula is C12H23N3O3S. The summed E-state index contributed by atoms with van der Waals surface area (Å²) in [5.74, 6) is 0.703. The van der Waals surface area contributed by atoms with Crippen molar-refractivity contribution in [3.8, 4) is 0 Å². The highest BCUT2D eigenvalue weighted by Crippen LogP contribution is 2.14. The van der Waals surface area contributed by atoms with Crippen molar-refractivity contribution >= 4 is 10.0 Å². The molecule has 1 rings (SSSR count). The number of aliphatic hydroxyl groups is 1. The number of aromatic nitrogens is 2. The fourth-order valence-electron chi connectivity index (χ4n) is 1.83. The van der Waals surface area contributed by atoms with Crippen molar-refractivity contribution in [2.45, 2.75) is 44.7 Å².